The third-order valence-corrected chi connectivity index (χ3v) is 5.23. The van der Waals surface area contributed by atoms with E-state index in [4.69, 9.17) is 9.15 Å². The van der Waals surface area contributed by atoms with Gasteiger partial charge in [0.1, 0.15) is 5.76 Å². The van der Waals surface area contributed by atoms with E-state index in [0.29, 0.717) is 0 Å². The lowest BCUT2D eigenvalue weighted by molar-refractivity contribution is 0.0512. The van der Waals surface area contributed by atoms with Crippen LogP contribution < -0.4 is 10.6 Å². The molecule has 1 fully saturated rings. The lowest BCUT2D eigenvalue weighted by Crippen LogP contribution is -2.48. The monoisotopic (exact) mass is 483 g/mol. The van der Waals surface area contributed by atoms with E-state index in [1.54, 1.807) is 6.26 Å². The molecule has 5 nitrogen and oxygen atoms in total. The zero-order valence-electron chi connectivity index (χ0n) is 16.2. The van der Waals surface area contributed by atoms with Crippen LogP contribution in [0.3, 0.4) is 0 Å². The van der Waals surface area contributed by atoms with Crippen molar-refractivity contribution in [3.05, 3.63) is 59.5 Å². The first-order valence-corrected chi connectivity index (χ1v) is 9.34. The molecule has 0 spiro atoms. The van der Waals surface area contributed by atoms with Crippen molar-refractivity contribution in [3.8, 4) is 0 Å². The van der Waals surface area contributed by atoms with Gasteiger partial charge in [-0.25, -0.2) is 0 Å². The molecule has 0 radical (unpaired) electrons. The standard InChI is InChI=1S/C21H29N3O2.HI/c1-17-6-3-4-8-19(17)21(10-14-25-15-11-21)16-24-20(22-2)23-12-9-18-7-5-13-26-18;/h3-8,13H,9-12,14-16H2,1-2H3,(H2,22,23,24);1H. The Morgan fingerprint density at radius 1 is 1.11 bits per heavy atom. The van der Waals surface area contributed by atoms with Crippen molar-refractivity contribution >= 4 is 29.9 Å². The number of aliphatic imine (C=N–C) groups is 1. The van der Waals surface area contributed by atoms with Gasteiger partial charge in [0.05, 0.1) is 6.26 Å². The van der Waals surface area contributed by atoms with Crippen molar-refractivity contribution in [2.24, 2.45) is 4.99 Å². The van der Waals surface area contributed by atoms with Crippen LogP contribution in [0.4, 0.5) is 0 Å². The summed E-state index contributed by atoms with van der Waals surface area (Å²) in [5, 5.41) is 6.92. The van der Waals surface area contributed by atoms with Crippen LogP contribution in [0.1, 0.15) is 29.7 Å². The third-order valence-electron chi connectivity index (χ3n) is 5.23. The molecule has 0 saturated carbocycles. The summed E-state index contributed by atoms with van der Waals surface area (Å²) in [7, 11) is 1.81. The predicted octanol–water partition coefficient (Wildman–Crippen LogP) is 3.66. The first-order valence-electron chi connectivity index (χ1n) is 9.34. The fourth-order valence-corrected chi connectivity index (χ4v) is 3.70. The zero-order chi connectivity index (χ0) is 18.2. The molecule has 3 rings (SSSR count). The van der Waals surface area contributed by atoms with Crippen LogP contribution in [0.25, 0.3) is 0 Å². The van der Waals surface area contributed by atoms with E-state index in [9.17, 15) is 0 Å². The predicted molar refractivity (Wildman–Crippen MR) is 120 cm³/mol. The summed E-state index contributed by atoms with van der Waals surface area (Å²) >= 11 is 0. The van der Waals surface area contributed by atoms with Gasteiger partial charge in [0.25, 0.3) is 0 Å². The normalized spacial score (nSPS) is 16.4. The Bertz CT molecular complexity index is 710. The van der Waals surface area contributed by atoms with Gasteiger partial charge in [0, 0.05) is 45.2 Å². The molecule has 27 heavy (non-hydrogen) atoms. The maximum absolute atomic E-state index is 5.64. The Labute approximate surface area is 179 Å². The molecule has 0 amide bonds. The number of hydrogen-bond acceptors (Lipinski definition) is 3. The van der Waals surface area contributed by atoms with Gasteiger partial charge in [-0.3, -0.25) is 4.99 Å². The highest BCUT2D eigenvalue weighted by atomic mass is 127. The number of furan rings is 1. The molecule has 1 aromatic heterocycles. The van der Waals surface area contributed by atoms with Crippen molar-refractivity contribution in [1.29, 1.82) is 0 Å². The number of benzene rings is 1. The summed E-state index contributed by atoms with van der Waals surface area (Å²) in [4.78, 5) is 4.37. The summed E-state index contributed by atoms with van der Waals surface area (Å²) in [6.45, 7) is 5.44. The quantitative estimate of drug-likeness (QED) is 0.374. The number of rotatable bonds is 6. The molecular formula is C21H30IN3O2. The molecule has 0 unspecified atom stereocenters. The van der Waals surface area contributed by atoms with Gasteiger partial charge in [-0.1, -0.05) is 24.3 Å². The summed E-state index contributed by atoms with van der Waals surface area (Å²) < 4.78 is 11.0. The van der Waals surface area contributed by atoms with E-state index in [-0.39, 0.29) is 29.4 Å². The van der Waals surface area contributed by atoms with Crippen molar-refractivity contribution in [1.82, 2.24) is 10.6 Å². The number of halogens is 1. The van der Waals surface area contributed by atoms with Gasteiger partial charge in [-0.15, -0.1) is 24.0 Å². The second kappa shape index (κ2) is 10.7. The second-order valence-corrected chi connectivity index (χ2v) is 6.89. The maximum Gasteiger partial charge on any atom is 0.191 e. The SMILES string of the molecule is CN=C(NCCc1ccco1)NCC1(c2ccccc2C)CCOCC1.I. The molecule has 1 saturated heterocycles. The molecule has 6 heteroatoms. The van der Waals surface area contributed by atoms with Crippen LogP contribution in [0, 0.1) is 6.92 Å². The van der Waals surface area contributed by atoms with Crippen molar-refractivity contribution in [2.75, 3.05) is 33.4 Å². The summed E-state index contributed by atoms with van der Waals surface area (Å²) in [5.74, 6) is 1.81. The molecule has 2 aromatic rings. The Morgan fingerprint density at radius 3 is 2.56 bits per heavy atom. The van der Waals surface area contributed by atoms with Crippen LogP contribution in [0.5, 0.6) is 0 Å². The van der Waals surface area contributed by atoms with E-state index in [1.807, 2.05) is 19.2 Å². The highest BCUT2D eigenvalue weighted by Gasteiger charge is 2.35. The minimum atomic E-state index is 0. The van der Waals surface area contributed by atoms with Gasteiger partial charge in [-0.2, -0.15) is 0 Å². The average Bonchev–Trinajstić information content (AvgIpc) is 3.19. The van der Waals surface area contributed by atoms with Crippen molar-refractivity contribution < 1.29 is 9.15 Å². The maximum atomic E-state index is 5.64. The Morgan fingerprint density at radius 2 is 1.89 bits per heavy atom. The van der Waals surface area contributed by atoms with Crippen molar-refractivity contribution in [3.63, 3.8) is 0 Å². The first-order chi connectivity index (χ1) is 12.7. The van der Waals surface area contributed by atoms with Crippen LogP contribution >= 0.6 is 24.0 Å². The van der Waals surface area contributed by atoms with Crippen LogP contribution in [0.2, 0.25) is 0 Å². The first kappa shape index (κ1) is 21.8. The molecule has 0 bridgehead atoms. The lowest BCUT2D eigenvalue weighted by Gasteiger charge is -2.39. The summed E-state index contributed by atoms with van der Waals surface area (Å²) in [5.41, 5.74) is 2.85. The molecule has 0 atom stereocenters. The number of hydrogen-bond donors (Lipinski definition) is 2. The van der Waals surface area contributed by atoms with Gasteiger partial charge in [0.2, 0.25) is 0 Å². The van der Waals surface area contributed by atoms with E-state index in [2.05, 4.69) is 46.8 Å². The second-order valence-electron chi connectivity index (χ2n) is 6.89. The smallest absolute Gasteiger partial charge is 0.191 e. The van der Waals surface area contributed by atoms with Crippen LogP contribution in [-0.2, 0) is 16.6 Å². The van der Waals surface area contributed by atoms with E-state index >= 15 is 0 Å². The highest BCUT2D eigenvalue weighted by molar-refractivity contribution is 14.0. The molecule has 0 aliphatic carbocycles. The topological polar surface area (TPSA) is 58.8 Å². The molecule has 1 aliphatic heterocycles. The minimum Gasteiger partial charge on any atom is -0.469 e. The zero-order valence-corrected chi connectivity index (χ0v) is 18.5. The highest BCUT2D eigenvalue weighted by Crippen LogP contribution is 2.36. The number of ether oxygens (including phenoxy) is 1. The number of aryl methyl sites for hydroxylation is 1. The fourth-order valence-electron chi connectivity index (χ4n) is 3.70. The molecular weight excluding hydrogens is 453 g/mol. The van der Waals surface area contributed by atoms with Crippen molar-refractivity contribution in [2.45, 2.75) is 31.6 Å². The number of nitrogens with one attached hydrogen (secondary N) is 2. The summed E-state index contributed by atoms with van der Waals surface area (Å²) in [6.07, 6.45) is 4.59. The number of guanidine groups is 1. The van der Waals surface area contributed by atoms with Gasteiger partial charge >= 0.3 is 0 Å². The minimum absolute atomic E-state index is 0. The summed E-state index contributed by atoms with van der Waals surface area (Å²) in [6, 6.07) is 12.6. The van der Waals surface area contributed by atoms with Gasteiger partial charge in [0.15, 0.2) is 5.96 Å². The van der Waals surface area contributed by atoms with E-state index in [1.165, 1.54) is 11.1 Å². The van der Waals surface area contributed by atoms with E-state index < -0.39 is 0 Å². The molecule has 2 N–H and O–H groups in total. The van der Waals surface area contributed by atoms with Gasteiger partial charge < -0.3 is 19.8 Å². The Kier molecular flexibility index (Phi) is 8.63. The lowest BCUT2D eigenvalue weighted by atomic mass is 9.72. The average molecular weight is 483 g/mol. The molecule has 148 valence electrons. The molecule has 1 aromatic carbocycles. The largest absolute Gasteiger partial charge is 0.469 e. The van der Waals surface area contributed by atoms with E-state index in [0.717, 1.165) is 57.3 Å². The fraction of sp³-hybridized carbons (Fsp3) is 0.476. The van der Waals surface area contributed by atoms with Crippen LogP contribution in [0.15, 0.2) is 52.1 Å². The van der Waals surface area contributed by atoms with Gasteiger partial charge in [-0.05, 0) is 43.0 Å². The Balaban J connectivity index is 0.00000261. The molecule has 2 heterocycles. The van der Waals surface area contributed by atoms with Crippen LogP contribution in [-0.4, -0.2) is 39.3 Å². The Hall–Kier alpha value is -1.54. The third kappa shape index (κ3) is 5.72. The molecule has 1 aliphatic rings. The number of nitrogens with zero attached hydrogens (tertiary/aromatic N) is 1.